The van der Waals surface area contributed by atoms with Gasteiger partial charge in [0.1, 0.15) is 0 Å². The van der Waals surface area contributed by atoms with Crippen LogP contribution >= 0.6 is 11.3 Å². The molecule has 5 heteroatoms. The second-order valence-corrected chi connectivity index (χ2v) is 9.10. The van der Waals surface area contributed by atoms with Crippen LogP contribution in [0.3, 0.4) is 0 Å². The predicted octanol–water partition coefficient (Wildman–Crippen LogP) is 4.46. The minimum atomic E-state index is 0.140. The lowest BCUT2D eigenvalue weighted by molar-refractivity contribution is -0.116. The molecule has 3 aromatic rings. The lowest BCUT2D eigenvalue weighted by atomic mass is 9.99. The number of rotatable bonds is 4. The van der Waals surface area contributed by atoms with Crippen molar-refractivity contribution in [1.29, 1.82) is 0 Å². The summed E-state index contributed by atoms with van der Waals surface area (Å²) in [7, 11) is 0. The van der Waals surface area contributed by atoms with Crippen molar-refractivity contribution in [2.24, 2.45) is 0 Å². The van der Waals surface area contributed by atoms with Crippen LogP contribution in [0.1, 0.15) is 23.1 Å². The number of nitrogens with zero attached hydrogens (tertiary/aromatic N) is 2. The second kappa shape index (κ2) is 7.81. The van der Waals surface area contributed by atoms with Crippen LogP contribution in [-0.2, 0) is 17.6 Å². The highest BCUT2D eigenvalue weighted by molar-refractivity contribution is 7.17. The van der Waals surface area contributed by atoms with Gasteiger partial charge in [0.25, 0.3) is 0 Å². The van der Waals surface area contributed by atoms with E-state index in [-0.39, 0.29) is 5.91 Å². The van der Waals surface area contributed by atoms with Gasteiger partial charge in [-0.25, -0.2) is 0 Å². The molecule has 2 aliphatic heterocycles. The molecule has 150 valence electrons. The van der Waals surface area contributed by atoms with Gasteiger partial charge in [0.15, 0.2) is 0 Å². The number of hydrogen-bond donors (Lipinski definition) is 1. The summed E-state index contributed by atoms with van der Waals surface area (Å²) in [6.45, 7) is 7.65. The van der Waals surface area contributed by atoms with Crippen molar-refractivity contribution in [3.63, 3.8) is 0 Å². The average Bonchev–Trinajstić information content (AvgIpc) is 3.13. The molecule has 2 aromatic carbocycles. The highest BCUT2D eigenvalue weighted by Gasteiger charge is 2.20. The minimum absolute atomic E-state index is 0.140. The van der Waals surface area contributed by atoms with E-state index in [0.717, 1.165) is 51.3 Å². The Kier molecular flexibility index (Phi) is 5.02. The summed E-state index contributed by atoms with van der Waals surface area (Å²) in [4.78, 5) is 16.8. The Hall–Kier alpha value is -2.37. The molecule has 3 heterocycles. The quantitative estimate of drug-likeness (QED) is 0.696. The number of amides is 1. The first kappa shape index (κ1) is 18.6. The van der Waals surface area contributed by atoms with E-state index < -0.39 is 0 Å². The molecule has 2 aliphatic rings. The van der Waals surface area contributed by atoms with Gasteiger partial charge in [0.2, 0.25) is 5.91 Å². The smallest absolute Gasteiger partial charge is 0.224 e. The molecular weight excluding hydrogens is 378 g/mol. The van der Waals surface area contributed by atoms with Crippen LogP contribution in [0.5, 0.6) is 0 Å². The monoisotopic (exact) mass is 405 g/mol. The van der Waals surface area contributed by atoms with Crippen LogP contribution in [0.15, 0.2) is 41.8 Å². The highest BCUT2D eigenvalue weighted by Crippen LogP contribution is 2.34. The summed E-state index contributed by atoms with van der Waals surface area (Å²) in [5.74, 6) is 0.140. The second-order valence-electron chi connectivity index (χ2n) is 8.19. The third kappa shape index (κ3) is 3.77. The molecule has 1 N–H and O–H groups in total. The van der Waals surface area contributed by atoms with Crippen LogP contribution in [0.2, 0.25) is 0 Å². The third-order valence-corrected chi connectivity index (χ3v) is 7.33. The lowest BCUT2D eigenvalue weighted by Gasteiger charge is -2.36. The number of carbonyl (C=O) groups is 1. The Balaban J connectivity index is 1.20. The molecule has 4 nitrogen and oxygen atoms in total. The molecule has 0 unspecified atom stereocenters. The molecule has 0 spiro atoms. The number of carbonyl (C=O) groups excluding carboxylic acids is 1. The Bertz CT molecular complexity index is 1050. The van der Waals surface area contributed by atoms with E-state index in [2.05, 4.69) is 63.8 Å². The van der Waals surface area contributed by atoms with E-state index in [9.17, 15) is 4.79 Å². The number of fused-ring (bicyclic) bond motifs is 2. The van der Waals surface area contributed by atoms with Gasteiger partial charge in [0, 0.05) is 60.6 Å². The maximum Gasteiger partial charge on any atom is 0.224 e. The SMILES string of the molecule is Cc1csc2cccc(N3CCN(CCc4ccc5c(c4)NC(=O)CC5)CC3)c12. The topological polar surface area (TPSA) is 35.6 Å². The van der Waals surface area contributed by atoms with Gasteiger partial charge in [-0.05, 0) is 60.0 Å². The van der Waals surface area contributed by atoms with E-state index in [1.807, 2.05) is 11.3 Å². The standard InChI is InChI=1S/C24H27N3OS/c1-17-16-29-22-4-2-3-21(24(17)22)27-13-11-26(12-14-27)10-9-18-5-6-19-7-8-23(28)25-20(19)15-18/h2-6,15-16H,7-14H2,1H3,(H,25,28). The first-order chi connectivity index (χ1) is 14.2. The van der Waals surface area contributed by atoms with Gasteiger partial charge in [-0.2, -0.15) is 0 Å². The average molecular weight is 406 g/mol. The third-order valence-electron chi connectivity index (χ3n) is 6.26. The van der Waals surface area contributed by atoms with Gasteiger partial charge in [-0.1, -0.05) is 18.2 Å². The van der Waals surface area contributed by atoms with Crippen molar-refractivity contribution >= 4 is 38.7 Å². The fourth-order valence-electron chi connectivity index (χ4n) is 4.56. The van der Waals surface area contributed by atoms with Gasteiger partial charge in [-0.15, -0.1) is 11.3 Å². The van der Waals surface area contributed by atoms with Crippen molar-refractivity contribution in [3.8, 4) is 0 Å². The van der Waals surface area contributed by atoms with Crippen molar-refractivity contribution < 1.29 is 4.79 Å². The zero-order valence-electron chi connectivity index (χ0n) is 16.9. The first-order valence-corrected chi connectivity index (χ1v) is 11.4. The molecule has 0 bridgehead atoms. The zero-order valence-corrected chi connectivity index (χ0v) is 17.7. The lowest BCUT2D eigenvalue weighted by Crippen LogP contribution is -2.47. The number of piperazine rings is 1. The fraction of sp³-hybridized carbons (Fsp3) is 0.375. The fourth-order valence-corrected chi connectivity index (χ4v) is 5.52. The summed E-state index contributed by atoms with van der Waals surface area (Å²) in [5, 5.41) is 6.72. The van der Waals surface area contributed by atoms with Crippen molar-refractivity contribution in [2.75, 3.05) is 42.9 Å². The molecule has 0 saturated carbocycles. The molecule has 0 atom stereocenters. The van der Waals surface area contributed by atoms with E-state index in [0.29, 0.717) is 6.42 Å². The normalized spacial score (nSPS) is 17.4. The maximum absolute atomic E-state index is 11.7. The van der Waals surface area contributed by atoms with Gasteiger partial charge in [-0.3, -0.25) is 9.69 Å². The Morgan fingerprint density at radius 2 is 1.93 bits per heavy atom. The van der Waals surface area contributed by atoms with Gasteiger partial charge in [0.05, 0.1) is 0 Å². The Morgan fingerprint density at radius 3 is 2.79 bits per heavy atom. The predicted molar refractivity (Wildman–Crippen MR) is 122 cm³/mol. The van der Waals surface area contributed by atoms with Crippen molar-refractivity contribution in [3.05, 3.63) is 58.5 Å². The van der Waals surface area contributed by atoms with E-state index in [1.165, 1.54) is 32.5 Å². The number of thiophene rings is 1. The molecule has 1 amide bonds. The Morgan fingerprint density at radius 1 is 1.07 bits per heavy atom. The molecule has 0 radical (unpaired) electrons. The zero-order chi connectivity index (χ0) is 19.8. The van der Waals surface area contributed by atoms with Crippen LogP contribution in [-0.4, -0.2) is 43.5 Å². The van der Waals surface area contributed by atoms with Crippen molar-refractivity contribution in [2.45, 2.75) is 26.2 Å². The number of anilines is 2. The largest absolute Gasteiger partial charge is 0.368 e. The first-order valence-electron chi connectivity index (χ1n) is 10.5. The molecule has 29 heavy (non-hydrogen) atoms. The maximum atomic E-state index is 11.7. The summed E-state index contributed by atoms with van der Waals surface area (Å²) < 4.78 is 1.39. The van der Waals surface area contributed by atoms with E-state index in [4.69, 9.17) is 0 Å². The molecular formula is C24H27N3OS. The summed E-state index contributed by atoms with van der Waals surface area (Å²) in [6.07, 6.45) is 2.50. The van der Waals surface area contributed by atoms with Crippen LogP contribution < -0.4 is 10.2 Å². The number of aryl methyl sites for hydroxylation is 2. The summed E-state index contributed by atoms with van der Waals surface area (Å²) in [6, 6.07) is 13.3. The highest BCUT2D eigenvalue weighted by atomic mass is 32.1. The molecule has 5 rings (SSSR count). The number of benzene rings is 2. The van der Waals surface area contributed by atoms with Gasteiger partial charge < -0.3 is 10.2 Å². The summed E-state index contributed by atoms with van der Waals surface area (Å²) >= 11 is 1.84. The molecule has 1 saturated heterocycles. The molecule has 0 aliphatic carbocycles. The van der Waals surface area contributed by atoms with E-state index in [1.54, 1.807) is 0 Å². The van der Waals surface area contributed by atoms with Crippen LogP contribution in [0.4, 0.5) is 11.4 Å². The van der Waals surface area contributed by atoms with Crippen LogP contribution in [0.25, 0.3) is 10.1 Å². The molecule has 1 fully saturated rings. The van der Waals surface area contributed by atoms with Crippen molar-refractivity contribution in [1.82, 2.24) is 4.90 Å². The molecule has 1 aromatic heterocycles. The summed E-state index contributed by atoms with van der Waals surface area (Å²) in [5.41, 5.74) is 6.38. The minimum Gasteiger partial charge on any atom is -0.368 e. The Labute approximate surface area is 176 Å². The number of hydrogen-bond acceptors (Lipinski definition) is 4. The van der Waals surface area contributed by atoms with Gasteiger partial charge >= 0.3 is 0 Å². The van der Waals surface area contributed by atoms with Crippen LogP contribution in [0, 0.1) is 6.92 Å². The van der Waals surface area contributed by atoms with E-state index >= 15 is 0 Å². The number of nitrogens with one attached hydrogen (secondary N) is 1.